The van der Waals surface area contributed by atoms with Gasteiger partial charge in [0.2, 0.25) is 0 Å². The molecule has 0 aromatic carbocycles. The number of carbonyl (C=O) groups excluding carboxylic acids is 1. The molecule has 0 atom stereocenters. The molecule has 162 valence electrons. The van der Waals surface area contributed by atoms with Crippen LogP contribution in [0.5, 0.6) is 0 Å². The number of furan rings is 1. The maximum atomic E-state index is 12.5. The van der Waals surface area contributed by atoms with Gasteiger partial charge in [0.25, 0.3) is 5.91 Å². The first-order valence-corrected chi connectivity index (χ1v) is 10.7. The number of nitrogens with zero attached hydrogens (tertiary/aromatic N) is 5. The molecule has 0 spiro atoms. The molecular formula is C22H32N6O2. The van der Waals surface area contributed by atoms with Gasteiger partial charge < -0.3 is 24.4 Å². The second-order valence-corrected chi connectivity index (χ2v) is 7.12. The molecule has 1 N–H and O–H groups in total. The van der Waals surface area contributed by atoms with E-state index < -0.39 is 0 Å². The van der Waals surface area contributed by atoms with Gasteiger partial charge in [-0.3, -0.25) is 4.79 Å². The summed E-state index contributed by atoms with van der Waals surface area (Å²) in [6.45, 7) is 12.3. The van der Waals surface area contributed by atoms with Crippen molar-refractivity contribution in [1.82, 2.24) is 20.1 Å². The number of aliphatic imine (C=N–C) groups is 1. The third-order valence-corrected chi connectivity index (χ3v) is 5.24. The lowest BCUT2D eigenvalue weighted by atomic mass is 10.2. The minimum absolute atomic E-state index is 0.0547. The summed E-state index contributed by atoms with van der Waals surface area (Å²) in [5.41, 5.74) is 1.08. The van der Waals surface area contributed by atoms with E-state index in [9.17, 15) is 4.79 Å². The van der Waals surface area contributed by atoms with Crippen molar-refractivity contribution in [2.75, 3.05) is 50.7 Å². The van der Waals surface area contributed by atoms with Crippen LogP contribution in [0.15, 0.2) is 46.1 Å². The van der Waals surface area contributed by atoms with Crippen LogP contribution in [0.4, 0.5) is 5.82 Å². The molecule has 0 unspecified atom stereocenters. The van der Waals surface area contributed by atoms with Crippen LogP contribution >= 0.6 is 0 Å². The molecule has 8 nitrogen and oxygen atoms in total. The van der Waals surface area contributed by atoms with E-state index in [1.54, 1.807) is 12.1 Å². The molecular weight excluding hydrogens is 380 g/mol. The Balaban J connectivity index is 1.59. The number of hydrogen-bond acceptors (Lipinski definition) is 5. The zero-order valence-corrected chi connectivity index (χ0v) is 18.2. The van der Waals surface area contributed by atoms with E-state index in [0.717, 1.165) is 50.1 Å². The Morgan fingerprint density at radius 3 is 2.43 bits per heavy atom. The first kappa shape index (κ1) is 21.7. The first-order valence-electron chi connectivity index (χ1n) is 10.7. The largest absolute Gasteiger partial charge is 0.459 e. The van der Waals surface area contributed by atoms with Gasteiger partial charge in [0.15, 0.2) is 11.7 Å². The third kappa shape index (κ3) is 5.31. The topological polar surface area (TPSA) is 77.2 Å². The van der Waals surface area contributed by atoms with Gasteiger partial charge in [-0.15, -0.1) is 0 Å². The van der Waals surface area contributed by atoms with Gasteiger partial charge in [-0.2, -0.15) is 0 Å². The van der Waals surface area contributed by atoms with Crippen molar-refractivity contribution >= 4 is 17.7 Å². The van der Waals surface area contributed by atoms with Crippen LogP contribution in [0.1, 0.15) is 36.9 Å². The minimum Gasteiger partial charge on any atom is -0.459 e. The first-order chi connectivity index (χ1) is 14.7. The van der Waals surface area contributed by atoms with Crippen molar-refractivity contribution in [3.63, 3.8) is 0 Å². The van der Waals surface area contributed by atoms with Crippen LogP contribution in [-0.4, -0.2) is 72.5 Å². The minimum atomic E-state index is -0.0547. The number of rotatable bonds is 7. The van der Waals surface area contributed by atoms with Gasteiger partial charge in [0.05, 0.1) is 12.8 Å². The fraction of sp³-hybridized carbons (Fsp3) is 0.500. The normalized spacial score (nSPS) is 14.7. The molecule has 8 heteroatoms. The van der Waals surface area contributed by atoms with Gasteiger partial charge in [-0.05, 0) is 44.5 Å². The lowest BCUT2D eigenvalue weighted by Gasteiger charge is -2.36. The Hall–Kier alpha value is -3.03. The molecule has 0 saturated carbocycles. The molecule has 30 heavy (non-hydrogen) atoms. The summed E-state index contributed by atoms with van der Waals surface area (Å²) >= 11 is 0. The molecule has 0 aliphatic carbocycles. The fourth-order valence-electron chi connectivity index (χ4n) is 3.51. The van der Waals surface area contributed by atoms with Crippen LogP contribution < -0.4 is 10.2 Å². The molecule has 1 amide bonds. The number of nitrogens with one attached hydrogen (secondary N) is 1. The summed E-state index contributed by atoms with van der Waals surface area (Å²) in [5, 5.41) is 3.37. The van der Waals surface area contributed by atoms with E-state index in [2.05, 4.69) is 53.0 Å². The van der Waals surface area contributed by atoms with Crippen molar-refractivity contribution in [2.24, 2.45) is 4.99 Å². The highest BCUT2D eigenvalue weighted by Gasteiger charge is 2.25. The lowest BCUT2D eigenvalue weighted by Crippen LogP contribution is -2.53. The lowest BCUT2D eigenvalue weighted by molar-refractivity contribution is 0.0657. The molecule has 1 aliphatic rings. The third-order valence-electron chi connectivity index (χ3n) is 5.24. The smallest absolute Gasteiger partial charge is 0.289 e. The molecule has 2 aromatic rings. The quantitative estimate of drug-likeness (QED) is 0.556. The zero-order valence-electron chi connectivity index (χ0n) is 18.2. The molecule has 1 saturated heterocycles. The molecule has 1 aliphatic heterocycles. The number of carbonyl (C=O) groups is 1. The van der Waals surface area contributed by atoms with E-state index in [1.807, 2.05) is 11.1 Å². The highest BCUT2D eigenvalue weighted by molar-refractivity contribution is 5.91. The number of hydrogen-bond donors (Lipinski definition) is 1. The molecule has 2 aromatic heterocycles. The summed E-state index contributed by atoms with van der Waals surface area (Å²) < 4.78 is 5.24. The van der Waals surface area contributed by atoms with E-state index >= 15 is 0 Å². The number of aromatic nitrogens is 1. The Bertz CT molecular complexity index is 807. The monoisotopic (exact) mass is 412 g/mol. The number of guanidine groups is 1. The van der Waals surface area contributed by atoms with E-state index in [4.69, 9.17) is 9.41 Å². The summed E-state index contributed by atoms with van der Waals surface area (Å²) in [6, 6.07) is 7.60. The summed E-state index contributed by atoms with van der Waals surface area (Å²) in [7, 11) is 0. The summed E-state index contributed by atoms with van der Waals surface area (Å²) in [5.74, 6) is 2.21. The van der Waals surface area contributed by atoms with Crippen molar-refractivity contribution in [2.45, 2.75) is 27.3 Å². The molecule has 3 rings (SSSR count). The van der Waals surface area contributed by atoms with Crippen LogP contribution in [0.2, 0.25) is 0 Å². The highest BCUT2D eigenvalue weighted by Crippen LogP contribution is 2.13. The van der Waals surface area contributed by atoms with Gasteiger partial charge in [-0.1, -0.05) is 6.07 Å². The van der Waals surface area contributed by atoms with Gasteiger partial charge in [0.1, 0.15) is 5.82 Å². The number of amides is 1. The van der Waals surface area contributed by atoms with Crippen LogP contribution in [0, 0.1) is 0 Å². The number of pyridine rings is 1. The highest BCUT2D eigenvalue weighted by atomic mass is 16.3. The Morgan fingerprint density at radius 1 is 1.13 bits per heavy atom. The van der Waals surface area contributed by atoms with Crippen molar-refractivity contribution in [3.8, 4) is 0 Å². The number of anilines is 1. The fourth-order valence-corrected chi connectivity index (χ4v) is 3.51. The molecule has 0 radical (unpaired) electrons. The maximum Gasteiger partial charge on any atom is 0.289 e. The van der Waals surface area contributed by atoms with Crippen molar-refractivity contribution < 1.29 is 9.21 Å². The van der Waals surface area contributed by atoms with Gasteiger partial charge >= 0.3 is 0 Å². The maximum absolute atomic E-state index is 12.5. The van der Waals surface area contributed by atoms with Crippen LogP contribution in [-0.2, 0) is 6.54 Å². The SMILES string of the molecule is CCNC(=NCc1ccc(N(CC)CC)nc1)N1CCN(C(=O)c2ccco2)CC1. The van der Waals surface area contributed by atoms with E-state index in [-0.39, 0.29) is 5.91 Å². The standard InChI is InChI=1S/C22H32N6O2/c1-4-23-22(25-17-18-9-10-20(24-16-18)26(5-2)6-3)28-13-11-27(12-14-28)21(29)19-8-7-15-30-19/h7-10,15-16H,4-6,11-14,17H2,1-3H3,(H,23,25). The van der Waals surface area contributed by atoms with Crippen molar-refractivity contribution in [3.05, 3.63) is 48.0 Å². The Labute approximate surface area is 178 Å². The second kappa shape index (κ2) is 10.7. The van der Waals surface area contributed by atoms with Gasteiger partial charge in [0, 0.05) is 52.0 Å². The average molecular weight is 413 g/mol. The molecule has 0 bridgehead atoms. The second-order valence-electron chi connectivity index (χ2n) is 7.12. The Kier molecular flexibility index (Phi) is 7.70. The van der Waals surface area contributed by atoms with Gasteiger partial charge in [-0.25, -0.2) is 9.98 Å². The van der Waals surface area contributed by atoms with Crippen LogP contribution in [0.25, 0.3) is 0 Å². The van der Waals surface area contributed by atoms with E-state index in [0.29, 0.717) is 25.4 Å². The predicted molar refractivity (Wildman–Crippen MR) is 119 cm³/mol. The molecule has 3 heterocycles. The Morgan fingerprint density at radius 2 is 1.87 bits per heavy atom. The van der Waals surface area contributed by atoms with Crippen molar-refractivity contribution in [1.29, 1.82) is 0 Å². The predicted octanol–water partition coefficient (Wildman–Crippen LogP) is 2.44. The molecule has 1 fully saturated rings. The van der Waals surface area contributed by atoms with Crippen LogP contribution in [0.3, 0.4) is 0 Å². The summed E-state index contributed by atoms with van der Waals surface area (Å²) in [6.07, 6.45) is 3.43. The number of piperazine rings is 1. The average Bonchev–Trinajstić information content (AvgIpc) is 3.33. The summed E-state index contributed by atoms with van der Waals surface area (Å²) in [4.78, 5) is 28.1. The zero-order chi connectivity index (χ0) is 21.3. The van der Waals surface area contributed by atoms with E-state index in [1.165, 1.54) is 6.26 Å².